The molecule has 1 heterocycles. The van der Waals surface area contributed by atoms with Crippen LogP contribution in [0.1, 0.15) is 21.7 Å². The number of halogens is 1. The van der Waals surface area contributed by atoms with Crippen molar-refractivity contribution in [1.82, 2.24) is 20.5 Å². The Hall–Kier alpha value is -1.88. The van der Waals surface area contributed by atoms with Crippen LogP contribution in [-0.4, -0.2) is 21.1 Å². The normalized spacial score (nSPS) is 10.2. The maximum Gasteiger partial charge on any atom is 0.253 e. The topological polar surface area (TPSA) is 70.7 Å². The summed E-state index contributed by atoms with van der Waals surface area (Å²) in [6, 6.07) is 5.30. The number of carbonyl (C=O) groups excluding carboxylic acids is 1. The Morgan fingerprint density at radius 3 is 3.00 bits per heavy atom. The van der Waals surface area contributed by atoms with Gasteiger partial charge in [0.1, 0.15) is 12.2 Å². The number of aromatic amines is 1. The van der Waals surface area contributed by atoms with E-state index in [0.29, 0.717) is 23.0 Å². The number of amides is 1. The molecule has 88 valence electrons. The largest absolute Gasteiger partial charge is 0.345 e. The molecule has 0 radical (unpaired) electrons. The molecule has 0 spiro atoms. The van der Waals surface area contributed by atoms with Crippen molar-refractivity contribution in [1.29, 1.82) is 0 Å². The zero-order valence-electron chi connectivity index (χ0n) is 9.20. The van der Waals surface area contributed by atoms with E-state index in [0.717, 1.165) is 5.56 Å². The first-order valence-electron chi connectivity index (χ1n) is 5.05. The maximum atomic E-state index is 11.8. The van der Waals surface area contributed by atoms with Crippen LogP contribution in [0.5, 0.6) is 0 Å². The molecule has 5 nitrogen and oxygen atoms in total. The van der Waals surface area contributed by atoms with Crippen molar-refractivity contribution in [3.05, 3.63) is 46.5 Å². The van der Waals surface area contributed by atoms with E-state index < -0.39 is 0 Å². The summed E-state index contributed by atoms with van der Waals surface area (Å²) in [6.07, 6.45) is 1.39. The summed E-state index contributed by atoms with van der Waals surface area (Å²) in [5.74, 6) is 0.369. The molecule has 2 rings (SSSR count). The van der Waals surface area contributed by atoms with Crippen LogP contribution in [0, 0.1) is 6.92 Å². The van der Waals surface area contributed by atoms with Crippen molar-refractivity contribution in [3.8, 4) is 0 Å². The fourth-order valence-corrected chi connectivity index (χ4v) is 1.70. The molecule has 0 aliphatic carbocycles. The van der Waals surface area contributed by atoms with Gasteiger partial charge in [-0.3, -0.25) is 9.89 Å². The highest BCUT2D eigenvalue weighted by atomic mass is 35.5. The average molecular weight is 251 g/mol. The number of hydrogen-bond donors (Lipinski definition) is 2. The second kappa shape index (κ2) is 4.97. The molecule has 2 N–H and O–H groups in total. The number of carbonyl (C=O) groups is 1. The Morgan fingerprint density at radius 2 is 2.35 bits per heavy atom. The number of nitrogens with one attached hydrogen (secondary N) is 2. The standard InChI is InChI=1S/C11H11ClN4O/c1-7-2-3-8(9(12)4-7)11(17)13-5-10-14-6-15-16-10/h2-4,6H,5H2,1H3,(H,13,17)(H,14,15,16). The van der Waals surface area contributed by atoms with E-state index in [4.69, 9.17) is 11.6 Å². The number of H-pyrrole nitrogens is 1. The highest BCUT2D eigenvalue weighted by Gasteiger charge is 2.10. The number of aromatic nitrogens is 3. The molecule has 6 heteroatoms. The van der Waals surface area contributed by atoms with Gasteiger partial charge in [0, 0.05) is 0 Å². The van der Waals surface area contributed by atoms with Gasteiger partial charge in [-0.05, 0) is 24.6 Å². The number of rotatable bonds is 3. The Labute approximate surface area is 103 Å². The van der Waals surface area contributed by atoms with Gasteiger partial charge in [-0.1, -0.05) is 17.7 Å². The van der Waals surface area contributed by atoms with E-state index in [9.17, 15) is 4.79 Å². The molecule has 0 unspecified atom stereocenters. The molecule has 0 saturated heterocycles. The minimum absolute atomic E-state index is 0.230. The number of benzene rings is 1. The van der Waals surface area contributed by atoms with Crippen molar-refractivity contribution < 1.29 is 4.79 Å². The third-order valence-corrected chi connectivity index (χ3v) is 2.56. The second-order valence-corrected chi connectivity index (χ2v) is 4.01. The van der Waals surface area contributed by atoms with E-state index in [2.05, 4.69) is 20.5 Å². The van der Waals surface area contributed by atoms with Crippen molar-refractivity contribution >= 4 is 17.5 Å². The van der Waals surface area contributed by atoms with Gasteiger partial charge in [0.25, 0.3) is 5.91 Å². The molecular formula is C11H11ClN4O. The highest BCUT2D eigenvalue weighted by molar-refractivity contribution is 6.33. The van der Waals surface area contributed by atoms with Gasteiger partial charge in [0.2, 0.25) is 0 Å². The Balaban J connectivity index is 2.04. The summed E-state index contributed by atoms with van der Waals surface area (Å²) in [4.78, 5) is 15.7. The third-order valence-electron chi connectivity index (χ3n) is 2.25. The molecule has 0 saturated carbocycles. The van der Waals surface area contributed by atoms with Crippen molar-refractivity contribution in [2.75, 3.05) is 0 Å². The van der Waals surface area contributed by atoms with Gasteiger partial charge < -0.3 is 5.32 Å². The summed E-state index contributed by atoms with van der Waals surface area (Å²) in [5, 5.41) is 9.50. The van der Waals surface area contributed by atoms with Crippen molar-refractivity contribution in [2.24, 2.45) is 0 Å². The lowest BCUT2D eigenvalue weighted by atomic mass is 10.1. The molecular weight excluding hydrogens is 240 g/mol. The first-order chi connectivity index (χ1) is 8.16. The quantitative estimate of drug-likeness (QED) is 0.871. The third kappa shape index (κ3) is 2.82. The zero-order valence-corrected chi connectivity index (χ0v) is 9.95. The van der Waals surface area contributed by atoms with Crippen LogP contribution >= 0.6 is 11.6 Å². The minimum atomic E-state index is -0.230. The molecule has 0 bridgehead atoms. The van der Waals surface area contributed by atoms with E-state index >= 15 is 0 Å². The lowest BCUT2D eigenvalue weighted by Gasteiger charge is -2.05. The number of hydrogen-bond acceptors (Lipinski definition) is 3. The molecule has 1 aromatic heterocycles. The number of aryl methyl sites for hydroxylation is 1. The molecule has 0 atom stereocenters. The van der Waals surface area contributed by atoms with Crippen LogP contribution in [0.3, 0.4) is 0 Å². The molecule has 0 fully saturated rings. The van der Waals surface area contributed by atoms with Crippen LogP contribution < -0.4 is 5.32 Å². The van der Waals surface area contributed by atoms with Gasteiger partial charge >= 0.3 is 0 Å². The highest BCUT2D eigenvalue weighted by Crippen LogP contribution is 2.17. The van der Waals surface area contributed by atoms with E-state index in [1.807, 2.05) is 13.0 Å². The average Bonchev–Trinajstić information content (AvgIpc) is 2.78. The smallest absolute Gasteiger partial charge is 0.253 e. The van der Waals surface area contributed by atoms with Gasteiger partial charge in [0.15, 0.2) is 0 Å². The summed E-state index contributed by atoms with van der Waals surface area (Å²) in [7, 11) is 0. The van der Waals surface area contributed by atoms with Crippen molar-refractivity contribution in [3.63, 3.8) is 0 Å². The summed E-state index contributed by atoms with van der Waals surface area (Å²) < 4.78 is 0. The summed E-state index contributed by atoms with van der Waals surface area (Å²) in [6.45, 7) is 2.21. The zero-order chi connectivity index (χ0) is 12.3. The molecule has 0 aliphatic rings. The minimum Gasteiger partial charge on any atom is -0.345 e. The SMILES string of the molecule is Cc1ccc(C(=O)NCc2ncn[nH]2)c(Cl)c1. The molecule has 2 aromatic rings. The van der Waals surface area contributed by atoms with Crippen LogP contribution in [0.25, 0.3) is 0 Å². The van der Waals surface area contributed by atoms with Gasteiger partial charge in [-0.2, -0.15) is 5.10 Å². The summed E-state index contributed by atoms with van der Waals surface area (Å²) in [5.41, 5.74) is 1.47. The first-order valence-corrected chi connectivity index (χ1v) is 5.43. The van der Waals surface area contributed by atoms with E-state index in [1.54, 1.807) is 12.1 Å². The lowest BCUT2D eigenvalue weighted by molar-refractivity contribution is 0.0950. The van der Waals surface area contributed by atoms with Crippen LogP contribution in [0.15, 0.2) is 24.5 Å². The van der Waals surface area contributed by atoms with Gasteiger partial charge in [0.05, 0.1) is 17.1 Å². The predicted octanol–water partition coefficient (Wildman–Crippen LogP) is 1.70. The van der Waals surface area contributed by atoms with E-state index in [1.165, 1.54) is 6.33 Å². The summed E-state index contributed by atoms with van der Waals surface area (Å²) >= 11 is 5.99. The molecule has 17 heavy (non-hydrogen) atoms. The van der Waals surface area contributed by atoms with Crippen LogP contribution in [-0.2, 0) is 6.54 Å². The first kappa shape index (κ1) is 11.6. The number of nitrogens with zero attached hydrogens (tertiary/aromatic N) is 2. The monoisotopic (exact) mass is 250 g/mol. The van der Waals surface area contributed by atoms with Crippen molar-refractivity contribution in [2.45, 2.75) is 13.5 Å². The molecule has 0 aliphatic heterocycles. The van der Waals surface area contributed by atoms with Gasteiger partial charge in [-0.25, -0.2) is 4.98 Å². The maximum absolute atomic E-state index is 11.8. The fraction of sp³-hybridized carbons (Fsp3) is 0.182. The second-order valence-electron chi connectivity index (χ2n) is 3.60. The van der Waals surface area contributed by atoms with Crippen LogP contribution in [0.4, 0.5) is 0 Å². The Morgan fingerprint density at radius 1 is 1.53 bits per heavy atom. The fourth-order valence-electron chi connectivity index (χ4n) is 1.38. The predicted molar refractivity (Wildman–Crippen MR) is 63.7 cm³/mol. The lowest BCUT2D eigenvalue weighted by Crippen LogP contribution is -2.23. The molecule has 1 amide bonds. The van der Waals surface area contributed by atoms with Gasteiger partial charge in [-0.15, -0.1) is 0 Å². The Kier molecular flexibility index (Phi) is 3.39. The molecule has 1 aromatic carbocycles. The van der Waals surface area contributed by atoms with E-state index in [-0.39, 0.29) is 5.91 Å². The Bertz CT molecular complexity index is 524. The van der Waals surface area contributed by atoms with Crippen LogP contribution in [0.2, 0.25) is 5.02 Å².